The van der Waals surface area contributed by atoms with Crippen LogP contribution in [0.15, 0.2) is 199 Å². The highest BCUT2D eigenvalue weighted by Gasteiger charge is 2.39. The van der Waals surface area contributed by atoms with Crippen LogP contribution in [0, 0.1) is 0 Å². The van der Waals surface area contributed by atoms with Crippen molar-refractivity contribution in [2.75, 3.05) is 4.90 Å². The van der Waals surface area contributed by atoms with Gasteiger partial charge in [0.15, 0.2) is 0 Å². The summed E-state index contributed by atoms with van der Waals surface area (Å²) in [5.41, 5.74) is 13.5. The van der Waals surface area contributed by atoms with Gasteiger partial charge in [-0.05, 0) is 64.7 Å². The Morgan fingerprint density at radius 2 is 0.907 bits per heavy atom. The average molecular weight is 694 g/mol. The van der Waals surface area contributed by atoms with Gasteiger partial charge in [0.05, 0.1) is 11.0 Å². The van der Waals surface area contributed by atoms with E-state index < -0.39 is 0 Å². The number of nitrogens with zero attached hydrogens (tertiary/aromatic N) is 2. The average Bonchev–Trinajstić information content (AvgIpc) is 3.78. The van der Waals surface area contributed by atoms with Crippen LogP contribution in [0.25, 0.3) is 71.7 Å². The molecule has 0 amide bonds. The lowest BCUT2D eigenvalue weighted by Crippen LogP contribution is -2.57. The molecule has 1 saturated heterocycles. The maximum atomic E-state index is 6.80. The third kappa shape index (κ3) is 4.81. The molecule has 4 heteroatoms. The van der Waals surface area contributed by atoms with Crippen LogP contribution in [0.1, 0.15) is 23.5 Å². The molecule has 4 nitrogen and oxygen atoms in total. The van der Waals surface area contributed by atoms with E-state index in [0.29, 0.717) is 0 Å². The predicted molar refractivity (Wildman–Crippen MR) is 223 cm³/mol. The monoisotopic (exact) mass is 693 g/mol. The zero-order chi connectivity index (χ0) is 35.6. The minimum absolute atomic E-state index is 0.0926. The second-order valence-corrected chi connectivity index (χ2v) is 14.1. The first-order chi connectivity index (χ1) is 26.8. The standard InChI is InChI=1S/C50H35N3O/c1-4-14-33(15-5-1)39-21-12-23-42-43-24-13-22-40(48(43)54-47(39)42)36-26-31-46-44(32-36)41-20-10-11-25-45(41)52(46)37-27-29-38(30-28-37)53-49(34-16-6-2-7-17-34)51-50(53)35-18-8-3-9-19-35/h1-32,49-51H. The Bertz CT molecular complexity index is 2920. The van der Waals surface area contributed by atoms with Crippen LogP contribution in [-0.4, -0.2) is 4.57 Å². The second-order valence-electron chi connectivity index (χ2n) is 14.1. The zero-order valence-electron chi connectivity index (χ0n) is 29.4. The van der Waals surface area contributed by atoms with Gasteiger partial charge in [-0.15, -0.1) is 0 Å². The van der Waals surface area contributed by atoms with Gasteiger partial charge >= 0.3 is 0 Å². The normalized spacial score (nSPS) is 15.7. The lowest BCUT2D eigenvalue weighted by atomic mass is 9.99. The summed E-state index contributed by atoms with van der Waals surface area (Å²) in [6.07, 6.45) is 0.185. The Hall–Kier alpha value is -6.88. The molecule has 0 bridgehead atoms. The first kappa shape index (κ1) is 30.7. The number of benzene rings is 8. The molecule has 2 aromatic heterocycles. The molecule has 0 radical (unpaired) electrons. The SMILES string of the molecule is c1ccc(-c2cccc3c2oc2c(-c4ccc5c(c4)c4ccccc4n5-c4ccc(N5C(c6ccccc6)NC5c5ccccc5)cc4)cccc23)cc1. The first-order valence-electron chi connectivity index (χ1n) is 18.6. The van der Waals surface area contributed by atoms with E-state index in [2.05, 4.69) is 209 Å². The van der Waals surface area contributed by atoms with Crippen molar-refractivity contribution in [1.82, 2.24) is 9.88 Å². The molecule has 0 spiro atoms. The van der Waals surface area contributed by atoms with Crippen molar-refractivity contribution in [2.24, 2.45) is 0 Å². The number of anilines is 1. The summed E-state index contributed by atoms with van der Waals surface area (Å²) in [6.45, 7) is 0. The van der Waals surface area contributed by atoms with E-state index in [0.717, 1.165) is 49.9 Å². The largest absolute Gasteiger partial charge is 0.455 e. The predicted octanol–water partition coefficient (Wildman–Crippen LogP) is 12.8. The summed E-state index contributed by atoms with van der Waals surface area (Å²) in [4.78, 5) is 2.48. The van der Waals surface area contributed by atoms with Gasteiger partial charge in [0.25, 0.3) is 0 Å². The number of hydrogen-bond donors (Lipinski definition) is 1. The minimum atomic E-state index is 0.0926. The van der Waals surface area contributed by atoms with Crippen LogP contribution >= 0.6 is 0 Å². The zero-order valence-corrected chi connectivity index (χ0v) is 29.4. The Morgan fingerprint density at radius 1 is 0.389 bits per heavy atom. The molecule has 11 rings (SSSR count). The van der Waals surface area contributed by atoms with Gasteiger partial charge in [0.2, 0.25) is 0 Å². The van der Waals surface area contributed by atoms with Gasteiger partial charge in [0.1, 0.15) is 23.5 Å². The van der Waals surface area contributed by atoms with E-state index in [4.69, 9.17) is 4.42 Å². The summed E-state index contributed by atoms with van der Waals surface area (Å²) >= 11 is 0. The molecule has 0 saturated carbocycles. The van der Waals surface area contributed by atoms with Crippen molar-refractivity contribution in [3.8, 4) is 27.9 Å². The van der Waals surface area contributed by atoms with Gasteiger partial charge in [-0.3, -0.25) is 5.32 Å². The van der Waals surface area contributed by atoms with Crippen LogP contribution < -0.4 is 10.2 Å². The van der Waals surface area contributed by atoms with Gasteiger partial charge in [-0.1, -0.05) is 152 Å². The van der Waals surface area contributed by atoms with Gasteiger partial charge < -0.3 is 13.9 Å². The van der Waals surface area contributed by atoms with Crippen LogP contribution in [0.3, 0.4) is 0 Å². The van der Waals surface area contributed by atoms with Gasteiger partial charge in [-0.2, -0.15) is 0 Å². The highest BCUT2D eigenvalue weighted by Crippen LogP contribution is 2.44. The number of furan rings is 1. The fourth-order valence-electron chi connectivity index (χ4n) is 8.54. The Kier molecular flexibility index (Phi) is 7.04. The Morgan fingerprint density at radius 3 is 1.56 bits per heavy atom. The summed E-state index contributed by atoms with van der Waals surface area (Å²) in [5, 5.41) is 8.51. The van der Waals surface area contributed by atoms with E-state index in [9.17, 15) is 0 Å². The number of aromatic nitrogens is 1. The van der Waals surface area contributed by atoms with Crippen LogP contribution in [-0.2, 0) is 0 Å². The maximum Gasteiger partial charge on any atom is 0.143 e. The van der Waals surface area contributed by atoms with Crippen LogP contribution in [0.5, 0.6) is 0 Å². The van der Waals surface area contributed by atoms with Crippen molar-refractivity contribution < 1.29 is 4.42 Å². The molecule has 1 fully saturated rings. The van der Waals surface area contributed by atoms with Crippen molar-refractivity contribution in [3.05, 3.63) is 205 Å². The molecule has 2 atom stereocenters. The number of hydrogen-bond acceptors (Lipinski definition) is 3. The lowest BCUT2D eigenvalue weighted by Gasteiger charge is -2.51. The Labute approximate surface area is 313 Å². The van der Waals surface area contributed by atoms with Gasteiger partial charge in [0, 0.05) is 44.0 Å². The second kappa shape index (κ2) is 12.4. The topological polar surface area (TPSA) is 33.3 Å². The maximum absolute atomic E-state index is 6.80. The minimum Gasteiger partial charge on any atom is -0.455 e. The number of rotatable bonds is 6. The van der Waals surface area contributed by atoms with Crippen LogP contribution in [0.4, 0.5) is 5.69 Å². The van der Waals surface area contributed by atoms with Crippen molar-refractivity contribution in [1.29, 1.82) is 0 Å². The summed E-state index contributed by atoms with van der Waals surface area (Å²) in [5.74, 6) is 0. The Balaban J connectivity index is 1.01. The molecule has 54 heavy (non-hydrogen) atoms. The number of nitrogens with one attached hydrogen (secondary N) is 1. The fourth-order valence-corrected chi connectivity index (χ4v) is 8.54. The highest BCUT2D eigenvalue weighted by atomic mass is 16.3. The van der Waals surface area contributed by atoms with E-state index in [1.165, 1.54) is 38.6 Å². The van der Waals surface area contributed by atoms with Crippen molar-refractivity contribution >= 4 is 49.4 Å². The quantitative estimate of drug-likeness (QED) is 0.188. The lowest BCUT2D eigenvalue weighted by molar-refractivity contribution is 0.276. The third-order valence-electron chi connectivity index (χ3n) is 11.1. The van der Waals surface area contributed by atoms with E-state index in [-0.39, 0.29) is 12.3 Å². The van der Waals surface area contributed by atoms with Crippen LogP contribution in [0.2, 0.25) is 0 Å². The van der Waals surface area contributed by atoms with Gasteiger partial charge in [-0.25, -0.2) is 0 Å². The van der Waals surface area contributed by atoms with Crippen molar-refractivity contribution in [3.63, 3.8) is 0 Å². The smallest absolute Gasteiger partial charge is 0.143 e. The van der Waals surface area contributed by atoms with E-state index in [1.807, 2.05) is 0 Å². The first-order valence-corrected chi connectivity index (χ1v) is 18.6. The molecule has 8 aromatic carbocycles. The summed E-state index contributed by atoms with van der Waals surface area (Å²) in [6, 6.07) is 69.5. The van der Waals surface area contributed by atoms with E-state index >= 15 is 0 Å². The molecular weight excluding hydrogens is 659 g/mol. The molecule has 1 N–H and O–H groups in total. The van der Waals surface area contributed by atoms with E-state index in [1.54, 1.807) is 0 Å². The molecule has 1 aliphatic heterocycles. The molecule has 10 aromatic rings. The van der Waals surface area contributed by atoms with Crippen molar-refractivity contribution in [2.45, 2.75) is 12.3 Å². The number of para-hydroxylation sites is 3. The molecule has 1 aliphatic rings. The molecular formula is C50H35N3O. The molecule has 3 heterocycles. The fraction of sp³-hybridized carbons (Fsp3) is 0.0400. The molecule has 2 unspecified atom stereocenters. The molecule has 0 aliphatic carbocycles. The third-order valence-corrected chi connectivity index (χ3v) is 11.1. The number of fused-ring (bicyclic) bond motifs is 6. The molecule has 256 valence electrons. The highest BCUT2D eigenvalue weighted by molar-refractivity contribution is 6.15. The summed E-state index contributed by atoms with van der Waals surface area (Å²) < 4.78 is 9.19. The summed E-state index contributed by atoms with van der Waals surface area (Å²) in [7, 11) is 0.